The Morgan fingerprint density at radius 3 is 2.88 bits per heavy atom. The van der Waals surface area contributed by atoms with Gasteiger partial charge in [0.05, 0.1) is 6.26 Å². The number of nitrogens with zero attached hydrogens (tertiary/aromatic N) is 2. The van der Waals surface area contributed by atoms with Crippen molar-refractivity contribution in [2.45, 2.75) is 25.7 Å². The van der Waals surface area contributed by atoms with Gasteiger partial charge in [-0.3, -0.25) is 4.79 Å². The highest BCUT2D eigenvalue weighted by Crippen LogP contribution is 2.16. The average molecular weight is 343 g/mol. The first-order chi connectivity index (χ1) is 12.3. The lowest BCUT2D eigenvalue weighted by Crippen LogP contribution is -2.35. The van der Waals surface area contributed by atoms with Gasteiger partial charge in [0.25, 0.3) is 5.91 Å². The van der Waals surface area contributed by atoms with Crippen molar-refractivity contribution in [3.05, 3.63) is 48.0 Å². The van der Waals surface area contributed by atoms with Crippen LogP contribution in [-0.4, -0.2) is 47.1 Å². The predicted octanol–water partition coefficient (Wildman–Crippen LogP) is 2.56. The Morgan fingerprint density at radius 1 is 1.32 bits per heavy atom. The maximum absolute atomic E-state index is 12.6. The zero-order valence-electron chi connectivity index (χ0n) is 14.4. The number of amides is 1. The van der Waals surface area contributed by atoms with Crippen LogP contribution >= 0.6 is 0 Å². The maximum Gasteiger partial charge on any atom is 0.254 e. The Morgan fingerprint density at radius 2 is 2.16 bits per heavy atom. The molecule has 3 rings (SSSR count). The SMILES string of the molecule is O=C(c1ccnc(NCC(CO)Cc2ccco2)c1)N1CCCCC1. The van der Waals surface area contributed by atoms with Crippen LogP contribution in [0.2, 0.25) is 0 Å². The maximum atomic E-state index is 12.6. The van der Waals surface area contributed by atoms with Crippen LogP contribution in [0.1, 0.15) is 35.4 Å². The van der Waals surface area contributed by atoms with E-state index in [9.17, 15) is 9.90 Å². The summed E-state index contributed by atoms with van der Waals surface area (Å²) in [5.74, 6) is 1.59. The minimum Gasteiger partial charge on any atom is -0.469 e. The zero-order valence-corrected chi connectivity index (χ0v) is 14.4. The van der Waals surface area contributed by atoms with Gasteiger partial charge in [0.2, 0.25) is 0 Å². The molecule has 6 nitrogen and oxygen atoms in total. The first-order valence-corrected chi connectivity index (χ1v) is 8.88. The van der Waals surface area contributed by atoms with Crippen LogP contribution in [0.3, 0.4) is 0 Å². The minimum atomic E-state index is 0.0226. The number of carbonyl (C=O) groups excluding carboxylic acids is 1. The van der Waals surface area contributed by atoms with E-state index in [1.54, 1.807) is 24.6 Å². The van der Waals surface area contributed by atoms with Crippen LogP contribution in [0, 0.1) is 5.92 Å². The van der Waals surface area contributed by atoms with E-state index in [1.165, 1.54) is 6.42 Å². The number of furan rings is 1. The fourth-order valence-corrected chi connectivity index (χ4v) is 3.10. The summed E-state index contributed by atoms with van der Waals surface area (Å²) in [7, 11) is 0. The van der Waals surface area contributed by atoms with Crippen LogP contribution in [0.15, 0.2) is 41.1 Å². The Balaban J connectivity index is 1.58. The van der Waals surface area contributed by atoms with Gasteiger partial charge in [-0.1, -0.05) is 0 Å². The van der Waals surface area contributed by atoms with E-state index in [0.29, 0.717) is 24.3 Å². The van der Waals surface area contributed by atoms with E-state index in [1.807, 2.05) is 17.0 Å². The molecule has 0 spiro atoms. The first kappa shape index (κ1) is 17.5. The van der Waals surface area contributed by atoms with Gasteiger partial charge in [0.1, 0.15) is 11.6 Å². The fourth-order valence-electron chi connectivity index (χ4n) is 3.10. The number of piperidine rings is 1. The molecule has 1 aliphatic heterocycles. The normalized spacial score (nSPS) is 15.8. The molecule has 25 heavy (non-hydrogen) atoms. The number of anilines is 1. The monoisotopic (exact) mass is 343 g/mol. The van der Waals surface area contributed by atoms with Crippen molar-refractivity contribution in [1.29, 1.82) is 0 Å². The highest BCUT2D eigenvalue weighted by molar-refractivity contribution is 5.94. The summed E-state index contributed by atoms with van der Waals surface area (Å²) in [6.07, 6.45) is 7.29. The molecule has 2 N–H and O–H groups in total. The summed E-state index contributed by atoms with van der Waals surface area (Å²) in [5.41, 5.74) is 0.658. The molecule has 0 radical (unpaired) electrons. The Labute approximate surface area is 147 Å². The van der Waals surface area contributed by atoms with Crippen molar-refractivity contribution in [3.8, 4) is 0 Å². The van der Waals surface area contributed by atoms with E-state index in [0.717, 1.165) is 31.7 Å². The predicted molar refractivity (Wildman–Crippen MR) is 95.5 cm³/mol. The van der Waals surface area contributed by atoms with Crippen molar-refractivity contribution in [3.63, 3.8) is 0 Å². The van der Waals surface area contributed by atoms with Gasteiger partial charge in [-0.25, -0.2) is 4.98 Å². The van der Waals surface area contributed by atoms with E-state index < -0.39 is 0 Å². The number of nitrogens with one attached hydrogen (secondary N) is 1. The summed E-state index contributed by atoms with van der Waals surface area (Å²) >= 11 is 0. The number of hydrogen-bond acceptors (Lipinski definition) is 5. The van der Waals surface area contributed by atoms with Crippen LogP contribution < -0.4 is 5.32 Å². The molecule has 1 atom stereocenters. The molecule has 3 heterocycles. The standard InChI is InChI=1S/C19H25N3O3/c23-14-15(11-17-5-4-10-25-17)13-21-18-12-16(6-7-20-18)19(24)22-8-2-1-3-9-22/h4-7,10,12,15,23H,1-3,8-9,11,13-14H2,(H,20,21). The van der Waals surface area contributed by atoms with Gasteiger partial charge >= 0.3 is 0 Å². The van der Waals surface area contributed by atoms with Crippen molar-refractivity contribution in [2.75, 3.05) is 31.6 Å². The van der Waals surface area contributed by atoms with Gasteiger partial charge in [0.15, 0.2) is 0 Å². The van der Waals surface area contributed by atoms with Crippen LogP contribution in [0.5, 0.6) is 0 Å². The van der Waals surface area contributed by atoms with Gasteiger partial charge in [-0.2, -0.15) is 0 Å². The van der Waals surface area contributed by atoms with Gasteiger partial charge < -0.3 is 19.7 Å². The van der Waals surface area contributed by atoms with Gasteiger partial charge in [-0.15, -0.1) is 0 Å². The van der Waals surface area contributed by atoms with Gasteiger partial charge in [-0.05, 0) is 43.5 Å². The average Bonchev–Trinajstić information content (AvgIpc) is 3.18. The second-order valence-electron chi connectivity index (χ2n) is 6.50. The van der Waals surface area contributed by atoms with E-state index in [-0.39, 0.29) is 18.4 Å². The molecule has 1 unspecified atom stereocenters. The van der Waals surface area contributed by atoms with Crippen molar-refractivity contribution in [2.24, 2.45) is 5.92 Å². The first-order valence-electron chi connectivity index (χ1n) is 8.88. The molecular weight excluding hydrogens is 318 g/mol. The summed E-state index contributed by atoms with van der Waals surface area (Å²) in [6.45, 7) is 2.28. The third kappa shape index (κ3) is 4.82. The summed E-state index contributed by atoms with van der Waals surface area (Å²) in [4.78, 5) is 18.8. The molecule has 2 aromatic heterocycles. The number of carbonyl (C=O) groups is 1. The van der Waals surface area contributed by atoms with E-state index in [2.05, 4.69) is 10.3 Å². The molecule has 0 aromatic carbocycles. The lowest BCUT2D eigenvalue weighted by atomic mass is 10.1. The number of pyridine rings is 1. The number of aromatic nitrogens is 1. The molecule has 0 bridgehead atoms. The smallest absolute Gasteiger partial charge is 0.254 e. The third-order valence-electron chi connectivity index (χ3n) is 4.55. The summed E-state index contributed by atoms with van der Waals surface area (Å²) in [5, 5.41) is 12.8. The van der Waals surface area contributed by atoms with E-state index in [4.69, 9.17) is 4.42 Å². The molecule has 0 aliphatic carbocycles. The molecule has 0 saturated carbocycles. The number of aliphatic hydroxyl groups is 1. The number of rotatable bonds is 7. The largest absolute Gasteiger partial charge is 0.469 e. The van der Waals surface area contributed by atoms with Gasteiger partial charge in [0, 0.05) is 50.3 Å². The number of hydrogen-bond donors (Lipinski definition) is 2. The molecule has 1 aliphatic rings. The highest BCUT2D eigenvalue weighted by Gasteiger charge is 2.18. The molecule has 1 amide bonds. The summed E-state index contributed by atoms with van der Waals surface area (Å²) < 4.78 is 5.33. The Kier molecular flexibility index (Phi) is 6.06. The Bertz CT molecular complexity index is 666. The zero-order chi connectivity index (χ0) is 17.5. The highest BCUT2D eigenvalue weighted by atomic mass is 16.3. The lowest BCUT2D eigenvalue weighted by molar-refractivity contribution is 0.0724. The number of aliphatic hydroxyl groups excluding tert-OH is 1. The van der Waals surface area contributed by atoms with Crippen molar-refractivity contribution < 1.29 is 14.3 Å². The molecule has 1 fully saturated rings. The number of likely N-dealkylation sites (tertiary alicyclic amines) is 1. The summed E-state index contributed by atoms with van der Waals surface area (Å²) in [6, 6.07) is 7.29. The molecule has 1 saturated heterocycles. The molecular formula is C19H25N3O3. The van der Waals surface area contributed by atoms with Crippen LogP contribution in [0.25, 0.3) is 0 Å². The van der Waals surface area contributed by atoms with Crippen LogP contribution in [-0.2, 0) is 6.42 Å². The third-order valence-corrected chi connectivity index (χ3v) is 4.55. The van der Waals surface area contributed by atoms with E-state index >= 15 is 0 Å². The second kappa shape index (κ2) is 8.67. The lowest BCUT2D eigenvalue weighted by Gasteiger charge is -2.26. The van der Waals surface area contributed by atoms with Crippen molar-refractivity contribution >= 4 is 11.7 Å². The quantitative estimate of drug-likeness (QED) is 0.808. The van der Waals surface area contributed by atoms with Crippen molar-refractivity contribution in [1.82, 2.24) is 9.88 Å². The molecule has 6 heteroatoms. The minimum absolute atomic E-state index is 0.0226. The van der Waals surface area contributed by atoms with Crippen LogP contribution in [0.4, 0.5) is 5.82 Å². The second-order valence-corrected chi connectivity index (χ2v) is 6.50. The molecule has 2 aromatic rings. The Hall–Kier alpha value is -2.34. The fraction of sp³-hybridized carbons (Fsp3) is 0.474. The molecule has 134 valence electrons. The topological polar surface area (TPSA) is 78.6 Å².